The van der Waals surface area contributed by atoms with Crippen molar-refractivity contribution in [2.45, 2.75) is 66.2 Å². The summed E-state index contributed by atoms with van der Waals surface area (Å²) in [5.41, 5.74) is 8.76. The van der Waals surface area contributed by atoms with Gasteiger partial charge in [-0.05, 0) is 91.7 Å². The first-order valence-electron chi connectivity index (χ1n) is 11.4. The van der Waals surface area contributed by atoms with Gasteiger partial charge in [-0.15, -0.1) is 0 Å². The summed E-state index contributed by atoms with van der Waals surface area (Å²) in [6.45, 7) is 13.6. The van der Waals surface area contributed by atoms with E-state index in [1.54, 1.807) is 5.56 Å². The minimum atomic E-state index is 0.363. The van der Waals surface area contributed by atoms with Crippen LogP contribution in [-0.4, -0.2) is 29.6 Å². The van der Waals surface area contributed by atoms with E-state index in [-0.39, 0.29) is 0 Å². The lowest BCUT2D eigenvalue weighted by molar-refractivity contribution is 0.0234. The second-order valence-corrected chi connectivity index (χ2v) is 9.17. The van der Waals surface area contributed by atoms with Gasteiger partial charge in [-0.1, -0.05) is 55.5 Å². The molecule has 158 valence electrons. The van der Waals surface area contributed by atoms with Crippen molar-refractivity contribution in [3.8, 4) is 0 Å². The van der Waals surface area contributed by atoms with Gasteiger partial charge >= 0.3 is 0 Å². The molecule has 0 amide bonds. The van der Waals surface area contributed by atoms with Crippen LogP contribution in [0.1, 0.15) is 59.7 Å². The molecule has 1 aliphatic heterocycles. The van der Waals surface area contributed by atoms with E-state index in [0.29, 0.717) is 12.2 Å². The van der Waals surface area contributed by atoms with Crippen molar-refractivity contribution in [2.75, 3.05) is 13.6 Å². The third kappa shape index (κ3) is 3.79. The van der Waals surface area contributed by atoms with Crippen molar-refractivity contribution >= 4 is 10.8 Å². The smallest absolute Gasteiger partial charge is 0.0625 e. The Morgan fingerprint density at radius 1 is 0.933 bits per heavy atom. The maximum Gasteiger partial charge on any atom is 0.0625 e. The number of fused-ring (bicyclic) bond motifs is 2. The van der Waals surface area contributed by atoms with E-state index in [1.165, 1.54) is 38.6 Å². The van der Waals surface area contributed by atoms with Gasteiger partial charge in [0, 0.05) is 19.1 Å². The molecule has 1 aliphatic rings. The molecule has 3 aromatic rings. The quantitative estimate of drug-likeness (QED) is 0.479. The Labute approximate surface area is 182 Å². The molecule has 2 heteroatoms. The van der Waals surface area contributed by atoms with Crippen LogP contribution in [0.25, 0.3) is 10.8 Å². The summed E-state index contributed by atoms with van der Waals surface area (Å²) < 4.78 is 0. The molecule has 0 saturated heterocycles. The van der Waals surface area contributed by atoms with E-state index < -0.39 is 0 Å². The van der Waals surface area contributed by atoms with Crippen molar-refractivity contribution in [3.63, 3.8) is 0 Å². The average Bonchev–Trinajstić information content (AvgIpc) is 2.74. The van der Waals surface area contributed by atoms with Gasteiger partial charge in [0.25, 0.3) is 0 Å². The Morgan fingerprint density at radius 2 is 1.63 bits per heavy atom. The number of hydrogen-bond acceptors (Lipinski definition) is 2. The van der Waals surface area contributed by atoms with Crippen LogP contribution in [0.4, 0.5) is 0 Å². The molecular weight excluding hydrogens is 364 g/mol. The lowest BCUT2D eigenvalue weighted by Crippen LogP contribution is -2.49. The number of rotatable bonds is 5. The first-order chi connectivity index (χ1) is 14.4. The maximum atomic E-state index is 2.69. The van der Waals surface area contributed by atoms with Gasteiger partial charge in [0.15, 0.2) is 0 Å². The molecule has 1 heterocycles. The SMILES string of the molecule is CCC(N1CCc2cc(C)c(C)cc2C1)N(C)C(C)c1c(C)ccc2ccccc12. The molecule has 2 unspecified atom stereocenters. The fraction of sp³-hybridized carbons (Fsp3) is 0.429. The van der Waals surface area contributed by atoms with Crippen LogP contribution < -0.4 is 0 Å². The molecule has 0 saturated carbocycles. The molecule has 0 N–H and O–H groups in total. The number of hydrogen-bond donors (Lipinski definition) is 0. The summed E-state index contributed by atoms with van der Waals surface area (Å²) >= 11 is 0. The van der Waals surface area contributed by atoms with Gasteiger partial charge in [0.05, 0.1) is 6.17 Å². The Kier molecular flexibility index (Phi) is 5.99. The molecule has 0 bridgehead atoms. The lowest BCUT2D eigenvalue weighted by atomic mass is 9.92. The Balaban J connectivity index is 1.63. The largest absolute Gasteiger partial charge is 0.284 e. The van der Waals surface area contributed by atoms with E-state index >= 15 is 0 Å². The standard InChI is InChI=1S/C28H36N2/c1-7-27(30-15-14-24-16-20(3)21(4)17-25(24)18-30)29(6)22(5)28-19(2)12-13-23-10-8-9-11-26(23)28/h8-13,16-17,22,27H,7,14-15,18H2,1-6H3. The summed E-state index contributed by atoms with van der Waals surface area (Å²) in [4.78, 5) is 5.29. The second-order valence-electron chi connectivity index (χ2n) is 9.17. The maximum absolute atomic E-state index is 2.69. The van der Waals surface area contributed by atoms with Gasteiger partial charge in [0.2, 0.25) is 0 Å². The zero-order valence-corrected chi connectivity index (χ0v) is 19.5. The Hall–Kier alpha value is -2.16. The molecule has 2 atom stereocenters. The molecular formula is C28H36N2. The van der Waals surface area contributed by atoms with Crippen LogP contribution in [0.2, 0.25) is 0 Å². The zero-order chi connectivity index (χ0) is 21.4. The summed E-state index contributed by atoms with van der Waals surface area (Å²) in [5.74, 6) is 0. The molecule has 0 aliphatic carbocycles. The number of aryl methyl sites for hydroxylation is 3. The normalized spacial score (nSPS) is 16.6. The summed E-state index contributed by atoms with van der Waals surface area (Å²) in [5, 5.41) is 2.73. The van der Waals surface area contributed by atoms with Gasteiger partial charge < -0.3 is 0 Å². The third-order valence-corrected chi connectivity index (χ3v) is 7.33. The highest BCUT2D eigenvalue weighted by Gasteiger charge is 2.29. The number of benzene rings is 3. The lowest BCUT2D eigenvalue weighted by Gasteiger charge is -2.43. The predicted molar refractivity (Wildman–Crippen MR) is 129 cm³/mol. The molecule has 0 fully saturated rings. The third-order valence-electron chi connectivity index (χ3n) is 7.33. The fourth-order valence-corrected chi connectivity index (χ4v) is 5.36. The highest BCUT2D eigenvalue weighted by Crippen LogP contribution is 2.34. The monoisotopic (exact) mass is 400 g/mol. The van der Waals surface area contributed by atoms with Gasteiger partial charge in [-0.3, -0.25) is 9.80 Å². The molecule has 2 nitrogen and oxygen atoms in total. The van der Waals surface area contributed by atoms with E-state index in [0.717, 1.165) is 25.9 Å². The zero-order valence-electron chi connectivity index (χ0n) is 19.5. The average molecular weight is 401 g/mol. The predicted octanol–water partition coefficient (Wildman–Crippen LogP) is 6.55. The highest BCUT2D eigenvalue weighted by atomic mass is 15.4. The first-order valence-corrected chi connectivity index (χ1v) is 11.4. The molecule has 0 spiro atoms. The molecule has 3 aromatic carbocycles. The topological polar surface area (TPSA) is 6.48 Å². The highest BCUT2D eigenvalue weighted by molar-refractivity contribution is 5.87. The van der Waals surface area contributed by atoms with Gasteiger partial charge in [-0.25, -0.2) is 0 Å². The van der Waals surface area contributed by atoms with Crippen molar-refractivity contribution in [1.29, 1.82) is 0 Å². The van der Waals surface area contributed by atoms with Gasteiger partial charge in [-0.2, -0.15) is 0 Å². The molecule has 0 aromatic heterocycles. The van der Waals surface area contributed by atoms with E-state index in [2.05, 4.69) is 100.0 Å². The van der Waals surface area contributed by atoms with Gasteiger partial charge in [0.1, 0.15) is 0 Å². The van der Waals surface area contributed by atoms with E-state index in [4.69, 9.17) is 0 Å². The molecule has 4 rings (SSSR count). The molecule has 30 heavy (non-hydrogen) atoms. The summed E-state index contributed by atoms with van der Waals surface area (Å²) in [6, 6.07) is 18.5. The van der Waals surface area contributed by atoms with Crippen molar-refractivity contribution in [1.82, 2.24) is 9.80 Å². The second kappa shape index (κ2) is 8.53. The molecule has 0 radical (unpaired) electrons. The number of nitrogens with zero attached hydrogens (tertiary/aromatic N) is 2. The van der Waals surface area contributed by atoms with Crippen molar-refractivity contribution < 1.29 is 0 Å². The van der Waals surface area contributed by atoms with Crippen LogP contribution >= 0.6 is 0 Å². The Morgan fingerprint density at radius 3 is 2.37 bits per heavy atom. The fourth-order valence-electron chi connectivity index (χ4n) is 5.36. The summed E-state index contributed by atoms with van der Waals surface area (Å²) in [6.07, 6.45) is 2.72. The van der Waals surface area contributed by atoms with Crippen molar-refractivity contribution in [3.05, 3.63) is 81.9 Å². The first kappa shape index (κ1) is 21.1. The Bertz CT molecular complexity index is 1050. The van der Waals surface area contributed by atoms with E-state index in [1.807, 2.05) is 0 Å². The van der Waals surface area contributed by atoms with Crippen LogP contribution in [0.15, 0.2) is 48.5 Å². The van der Waals surface area contributed by atoms with Crippen LogP contribution in [-0.2, 0) is 13.0 Å². The van der Waals surface area contributed by atoms with Crippen LogP contribution in [0, 0.1) is 20.8 Å². The van der Waals surface area contributed by atoms with Crippen LogP contribution in [0.3, 0.4) is 0 Å². The minimum absolute atomic E-state index is 0.363. The van der Waals surface area contributed by atoms with E-state index in [9.17, 15) is 0 Å². The van der Waals surface area contributed by atoms with Crippen LogP contribution in [0.5, 0.6) is 0 Å². The minimum Gasteiger partial charge on any atom is -0.284 e. The summed E-state index contributed by atoms with van der Waals surface area (Å²) in [7, 11) is 2.32. The van der Waals surface area contributed by atoms with Crippen molar-refractivity contribution in [2.24, 2.45) is 0 Å².